The SMILES string of the molecule is CC1(C)CCC(CN2CCN(c3ccc(C(=O)NS(=O)(=O)c4ccc(NC[C@H]5CC[C@@H](O)CC5)c([N+](=O)[O-])c4)c(Oc4ccc5[nH]ccc5c4)c3)CC2)=C(c2ccc(Cl)cc2)C1. The quantitative estimate of drug-likeness (QED) is 0.0660. The molecule has 2 aliphatic carbocycles. The number of piperazine rings is 1. The number of nitrogens with zero attached hydrogens (tertiary/aromatic N) is 3. The van der Waals surface area contributed by atoms with Crippen molar-refractivity contribution in [1.29, 1.82) is 0 Å². The van der Waals surface area contributed by atoms with Crippen LogP contribution >= 0.6 is 11.6 Å². The fourth-order valence-electron chi connectivity index (χ4n) is 8.92. The number of allylic oxidation sites excluding steroid dienone is 1. The summed E-state index contributed by atoms with van der Waals surface area (Å²) < 4.78 is 35.9. The van der Waals surface area contributed by atoms with Crippen LogP contribution in [-0.2, 0) is 10.0 Å². The molecule has 1 saturated heterocycles. The molecule has 0 bridgehead atoms. The van der Waals surface area contributed by atoms with Crippen LogP contribution in [0.5, 0.6) is 11.5 Å². The van der Waals surface area contributed by atoms with Crippen molar-refractivity contribution in [2.24, 2.45) is 11.3 Å². The van der Waals surface area contributed by atoms with Gasteiger partial charge in [-0.15, -0.1) is 0 Å². The second-order valence-corrected chi connectivity index (χ2v) is 19.7. The molecule has 0 spiro atoms. The number of hydrogen-bond donors (Lipinski definition) is 4. The average Bonchev–Trinajstić information content (AvgIpc) is 3.72. The van der Waals surface area contributed by atoms with Crippen LogP contribution in [0.3, 0.4) is 0 Å². The van der Waals surface area contributed by atoms with E-state index in [-0.39, 0.29) is 34.4 Å². The highest BCUT2D eigenvalue weighted by atomic mass is 35.5. The Morgan fingerprint density at radius 3 is 2.47 bits per heavy atom. The van der Waals surface area contributed by atoms with Gasteiger partial charge in [-0.2, -0.15) is 0 Å². The molecule has 326 valence electrons. The molecular formula is C47H53ClN6O7S. The largest absolute Gasteiger partial charge is 0.456 e. The molecule has 0 radical (unpaired) electrons. The molecule has 0 atom stereocenters. The van der Waals surface area contributed by atoms with Crippen LogP contribution in [0.2, 0.25) is 5.02 Å². The van der Waals surface area contributed by atoms with Crippen molar-refractivity contribution in [2.75, 3.05) is 49.5 Å². The number of anilines is 2. The summed E-state index contributed by atoms with van der Waals surface area (Å²) in [6, 6.07) is 24.2. The molecule has 0 unspecified atom stereocenters. The van der Waals surface area contributed by atoms with E-state index in [0.29, 0.717) is 25.1 Å². The highest BCUT2D eigenvalue weighted by Crippen LogP contribution is 2.43. The van der Waals surface area contributed by atoms with Crippen LogP contribution in [0, 0.1) is 21.4 Å². The number of amides is 1. The second-order valence-electron chi connectivity index (χ2n) is 17.6. The van der Waals surface area contributed by atoms with E-state index in [1.165, 1.54) is 28.8 Å². The van der Waals surface area contributed by atoms with Gasteiger partial charge in [0.2, 0.25) is 0 Å². The van der Waals surface area contributed by atoms with Crippen LogP contribution in [0.4, 0.5) is 17.1 Å². The van der Waals surface area contributed by atoms with Gasteiger partial charge < -0.3 is 25.0 Å². The van der Waals surface area contributed by atoms with Crippen molar-refractivity contribution < 1.29 is 28.0 Å². The van der Waals surface area contributed by atoms with Crippen molar-refractivity contribution in [3.63, 3.8) is 0 Å². The molecule has 5 aromatic rings. The monoisotopic (exact) mass is 880 g/mol. The number of ether oxygens (including phenoxy) is 1. The van der Waals surface area contributed by atoms with Gasteiger partial charge in [0.25, 0.3) is 21.6 Å². The number of benzene rings is 4. The average molecular weight is 881 g/mol. The van der Waals surface area contributed by atoms with E-state index in [9.17, 15) is 28.4 Å². The molecule has 1 amide bonds. The number of aromatic amines is 1. The van der Waals surface area contributed by atoms with Crippen molar-refractivity contribution in [2.45, 2.75) is 69.8 Å². The van der Waals surface area contributed by atoms with E-state index in [0.717, 1.165) is 92.5 Å². The molecule has 4 N–H and O–H groups in total. The third kappa shape index (κ3) is 10.1. The molecule has 1 aromatic heterocycles. The lowest BCUT2D eigenvalue weighted by atomic mass is 9.72. The van der Waals surface area contributed by atoms with Gasteiger partial charge >= 0.3 is 0 Å². The lowest BCUT2D eigenvalue weighted by molar-refractivity contribution is -0.384. The minimum atomic E-state index is -4.56. The van der Waals surface area contributed by atoms with E-state index >= 15 is 0 Å². The van der Waals surface area contributed by atoms with Crippen molar-refractivity contribution >= 4 is 61.1 Å². The standard InChI is InChI=1S/C47H53ClN6O7S/c1-47(2)19-17-34(41(28-47)32-5-7-35(48)8-6-32)30-52-21-23-53(24-22-52)36-9-14-40(45(26-36)61-38-12-15-42-33(25-38)18-20-49-42)46(56)51-62(59,60)39-13-16-43(44(27-39)54(57)58)50-29-31-3-10-37(55)11-4-31/h5-9,12-16,18,20,25-27,31,37,49-50,55H,3-4,10-11,17,19,21-24,28-30H2,1-2H3,(H,51,56)/t31-,37+. The molecule has 1 saturated carbocycles. The normalized spacial score (nSPS) is 19.6. The fraction of sp³-hybridized carbons (Fsp3) is 0.383. The van der Waals surface area contributed by atoms with Crippen LogP contribution in [0.1, 0.15) is 74.7 Å². The van der Waals surface area contributed by atoms with E-state index in [4.69, 9.17) is 16.3 Å². The first kappa shape index (κ1) is 43.2. The molecular weight excluding hydrogens is 828 g/mol. The van der Waals surface area contributed by atoms with E-state index in [2.05, 4.69) is 50.8 Å². The molecule has 15 heteroatoms. The number of hydrogen-bond acceptors (Lipinski definition) is 10. The third-order valence-electron chi connectivity index (χ3n) is 12.6. The van der Waals surface area contributed by atoms with Gasteiger partial charge in [0, 0.05) is 79.2 Å². The zero-order valence-electron chi connectivity index (χ0n) is 35.0. The van der Waals surface area contributed by atoms with Crippen molar-refractivity contribution in [1.82, 2.24) is 14.6 Å². The number of halogens is 1. The number of aromatic nitrogens is 1. The zero-order valence-corrected chi connectivity index (χ0v) is 36.6. The first-order valence-electron chi connectivity index (χ1n) is 21.3. The Kier molecular flexibility index (Phi) is 12.6. The first-order chi connectivity index (χ1) is 29.7. The fourth-order valence-corrected chi connectivity index (χ4v) is 10.0. The van der Waals surface area contributed by atoms with Crippen LogP contribution in [-0.4, -0.2) is 79.6 Å². The number of sulfonamides is 1. The summed E-state index contributed by atoms with van der Waals surface area (Å²) in [4.78, 5) is 32.9. The number of nitrogens with one attached hydrogen (secondary N) is 3. The maximum Gasteiger partial charge on any atom is 0.293 e. The van der Waals surface area contributed by atoms with Gasteiger partial charge in [0.1, 0.15) is 17.2 Å². The number of H-pyrrole nitrogens is 1. The summed E-state index contributed by atoms with van der Waals surface area (Å²) in [7, 11) is -4.56. The molecule has 4 aromatic carbocycles. The Labute approximate surface area is 367 Å². The topological polar surface area (TPSA) is 170 Å². The number of aliphatic hydroxyl groups excluding tert-OH is 1. The van der Waals surface area contributed by atoms with Crippen LogP contribution in [0.15, 0.2) is 102 Å². The molecule has 1 aliphatic heterocycles. The van der Waals surface area contributed by atoms with Gasteiger partial charge in [-0.25, -0.2) is 13.1 Å². The summed E-state index contributed by atoms with van der Waals surface area (Å²) in [5.74, 6) is -0.0933. The van der Waals surface area contributed by atoms with Crippen molar-refractivity contribution in [3.8, 4) is 11.5 Å². The van der Waals surface area contributed by atoms with Gasteiger partial charge in [-0.05, 0) is 128 Å². The number of carbonyl (C=O) groups excluding carboxylic acids is 1. The second kappa shape index (κ2) is 18.1. The summed E-state index contributed by atoms with van der Waals surface area (Å²) in [5.41, 5.74) is 5.81. The molecule has 13 nitrogen and oxygen atoms in total. The van der Waals surface area contributed by atoms with Gasteiger partial charge in [-0.3, -0.25) is 19.8 Å². The molecule has 8 rings (SSSR count). The predicted molar refractivity (Wildman–Crippen MR) is 244 cm³/mol. The zero-order chi connectivity index (χ0) is 43.6. The number of nitro benzene ring substituents is 1. The third-order valence-corrected chi connectivity index (χ3v) is 14.2. The Bertz CT molecular complexity index is 2590. The molecule has 3 aliphatic rings. The highest BCUT2D eigenvalue weighted by Gasteiger charge is 2.31. The van der Waals surface area contributed by atoms with Crippen molar-refractivity contribution in [3.05, 3.63) is 123 Å². The number of carbonyl (C=O) groups is 1. The first-order valence-corrected chi connectivity index (χ1v) is 23.2. The number of fused-ring (bicyclic) bond motifs is 1. The maximum atomic E-state index is 13.9. The molecule has 62 heavy (non-hydrogen) atoms. The number of rotatable bonds is 13. The minimum absolute atomic E-state index is 0.0163. The van der Waals surface area contributed by atoms with Gasteiger partial charge in [-0.1, -0.05) is 43.2 Å². The Morgan fingerprint density at radius 2 is 1.73 bits per heavy atom. The summed E-state index contributed by atoms with van der Waals surface area (Å²) >= 11 is 6.24. The number of nitro groups is 1. The van der Waals surface area contributed by atoms with Gasteiger partial charge in [0.15, 0.2) is 0 Å². The molecule has 2 heterocycles. The van der Waals surface area contributed by atoms with E-state index in [1.807, 2.05) is 36.5 Å². The maximum absolute atomic E-state index is 13.9. The summed E-state index contributed by atoms with van der Waals surface area (Å²) in [6.07, 6.45) is 7.61. The highest BCUT2D eigenvalue weighted by molar-refractivity contribution is 7.90. The summed E-state index contributed by atoms with van der Waals surface area (Å²) in [6.45, 7) is 9.13. The van der Waals surface area contributed by atoms with E-state index < -0.39 is 31.4 Å². The Balaban J connectivity index is 0.998. The summed E-state index contributed by atoms with van der Waals surface area (Å²) in [5, 5.41) is 26.7. The number of aliphatic hydroxyl groups is 1. The lowest BCUT2D eigenvalue weighted by Crippen LogP contribution is -2.47. The Morgan fingerprint density at radius 1 is 0.968 bits per heavy atom. The lowest BCUT2D eigenvalue weighted by Gasteiger charge is -2.39. The smallest absolute Gasteiger partial charge is 0.293 e. The van der Waals surface area contributed by atoms with E-state index in [1.54, 1.807) is 24.3 Å². The van der Waals surface area contributed by atoms with Crippen LogP contribution in [0.25, 0.3) is 16.5 Å². The van der Waals surface area contributed by atoms with Gasteiger partial charge in [0.05, 0.1) is 21.5 Å². The molecule has 2 fully saturated rings. The van der Waals surface area contributed by atoms with Crippen LogP contribution < -0.4 is 19.7 Å². The Hall–Kier alpha value is -5.41. The predicted octanol–water partition coefficient (Wildman–Crippen LogP) is 9.39. The minimum Gasteiger partial charge on any atom is -0.456 e.